The summed E-state index contributed by atoms with van der Waals surface area (Å²) in [4.78, 5) is 17.5. The minimum atomic E-state index is 0.910. The third-order valence-electron chi connectivity index (χ3n) is 7.67. The Balaban J connectivity index is 1.57. The van der Waals surface area contributed by atoms with Gasteiger partial charge in [0.05, 0.1) is 22.8 Å². The van der Waals surface area contributed by atoms with E-state index in [0.717, 1.165) is 61.5 Å². The molecule has 0 spiro atoms. The summed E-state index contributed by atoms with van der Waals surface area (Å²) in [6, 6.07) is 25.9. The number of H-pyrrole nitrogens is 2. The van der Waals surface area contributed by atoms with Gasteiger partial charge in [-0.05, 0) is 111 Å². The summed E-state index contributed by atoms with van der Waals surface area (Å²) in [5, 5.41) is 0. The molecule has 0 fully saturated rings. The van der Waals surface area contributed by atoms with Crippen LogP contribution in [0.4, 0.5) is 0 Å². The second-order valence-electron chi connectivity index (χ2n) is 10.8. The summed E-state index contributed by atoms with van der Waals surface area (Å²) in [6.45, 7) is 8.61. The highest BCUT2D eigenvalue weighted by atomic mass is 14.8. The maximum absolute atomic E-state index is 5.09. The van der Waals surface area contributed by atoms with Crippen LogP contribution < -0.4 is 0 Å². The number of hydrogen-bond acceptors (Lipinski definition) is 2. The van der Waals surface area contributed by atoms with Crippen molar-refractivity contribution in [2.45, 2.75) is 27.7 Å². The van der Waals surface area contributed by atoms with E-state index in [4.69, 9.17) is 9.97 Å². The van der Waals surface area contributed by atoms with Gasteiger partial charge in [-0.25, -0.2) is 9.97 Å². The van der Waals surface area contributed by atoms with Crippen molar-refractivity contribution in [2.75, 3.05) is 0 Å². The average molecular weight is 519 g/mol. The smallest absolute Gasteiger partial charge is 0.0738 e. The van der Waals surface area contributed by atoms with Crippen LogP contribution in [0.2, 0.25) is 0 Å². The average Bonchev–Trinajstić information content (AvgIpc) is 3.72. The standard InChI is InChI=1S/C36H30N4/c1-21-5-7-25(8-6-21)35-30-13-9-26(37-30)19-28-11-15-32(39-28)36(34-23(3)17-22(2)18-24(34)4)33-16-12-29(40-33)20-27-10-14-31(35)38-27/h5-20,37-38H,1-4H3. The molecule has 194 valence electrons. The van der Waals surface area contributed by atoms with Crippen LogP contribution in [0.15, 0.2) is 72.8 Å². The third kappa shape index (κ3) is 4.28. The lowest BCUT2D eigenvalue weighted by molar-refractivity contribution is 1.25. The van der Waals surface area contributed by atoms with Crippen LogP contribution in [-0.2, 0) is 0 Å². The number of nitrogens with one attached hydrogen (secondary N) is 2. The second-order valence-corrected chi connectivity index (χ2v) is 10.8. The van der Waals surface area contributed by atoms with Gasteiger partial charge < -0.3 is 9.97 Å². The molecule has 4 nitrogen and oxygen atoms in total. The predicted molar refractivity (Wildman–Crippen MR) is 169 cm³/mol. The van der Waals surface area contributed by atoms with E-state index in [1.165, 1.54) is 27.8 Å². The molecule has 3 aromatic heterocycles. The molecule has 7 rings (SSSR count). The van der Waals surface area contributed by atoms with E-state index in [2.05, 4.69) is 135 Å². The molecule has 0 atom stereocenters. The lowest BCUT2D eigenvalue weighted by Crippen LogP contribution is -1.95. The van der Waals surface area contributed by atoms with Crippen LogP contribution in [0.25, 0.3) is 68.6 Å². The summed E-state index contributed by atoms with van der Waals surface area (Å²) >= 11 is 0. The first-order chi connectivity index (χ1) is 19.4. The minimum absolute atomic E-state index is 0.910. The highest BCUT2D eigenvalue weighted by Gasteiger charge is 2.18. The quantitative estimate of drug-likeness (QED) is 0.240. The third-order valence-corrected chi connectivity index (χ3v) is 7.67. The van der Waals surface area contributed by atoms with E-state index >= 15 is 0 Å². The molecular weight excluding hydrogens is 488 g/mol. The summed E-state index contributed by atoms with van der Waals surface area (Å²) in [5.41, 5.74) is 17.3. The number of aromatic nitrogens is 4. The predicted octanol–water partition coefficient (Wildman–Crippen LogP) is 9.22. The van der Waals surface area contributed by atoms with Gasteiger partial charge in [-0.3, -0.25) is 0 Å². The zero-order valence-corrected chi connectivity index (χ0v) is 23.1. The van der Waals surface area contributed by atoms with Gasteiger partial charge in [0.1, 0.15) is 0 Å². The fraction of sp³-hybridized carbons (Fsp3) is 0.111. The van der Waals surface area contributed by atoms with E-state index in [-0.39, 0.29) is 0 Å². The molecule has 0 aliphatic carbocycles. The van der Waals surface area contributed by atoms with Crippen molar-refractivity contribution in [3.05, 3.63) is 118 Å². The van der Waals surface area contributed by atoms with Gasteiger partial charge in [-0.1, -0.05) is 47.5 Å². The Kier molecular flexibility index (Phi) is 5.64. The van der Waals surface area contributed by atoms with Crippen molar-refractivity contribution >= 4 is 46.4 Å². The summed E-state index contributed by atoms with van der Waals surface area (Å²) in [5.74, 6) is 0. The number of aryl methyl sites for hydroxylation is 4. The van der Waals surface area contributed by atoms with Gasteiger partial charge in [0.2, 0.25) is 0 Å². The van der Waals surface area contributed by atoms with Crippen molar-refractivity contribution in [1.29, 1.82) is 0 Å². The topological polar surface area (TPSA) is 57.4 Å². The van der Waals surface area contributed by atoms with Crippen molar-refractivity contribution in [3.8, 4) is 22.3 Å². The molecule has 2 aromatic carbocycles. The van der Waals surface area contributed by atoms with Crippen LogP contribution in [0.3, 0.4) is 0 Å². The highest BCUT2D eigenvalue weighted by Crippen LogP contribution is 2.36. The van der Waals surface area contributed by atoms with Gasteiger partial charge in [0.15, 0.2) is 0 Å². The van der Waals surface area contributed by atoms with Crippen LogP contribution in [0.5, 0.6) is 0 Å². The monoisotopic (exact) mass is 518 g/mol. The fourth-order valence-corrected chi connectivity index (χ4v) is 5.94. The van der Waals surface area contributed by atoms with Crippen molar-refractivity contribution in [1.82, 2.24) is 19.9 Å². The van der Waals surface area contributed by atoms with Crippen molar-refractivity contribution < 1.29 is 0 Å². The van der Waals surface area contributed by atoms with Crippen LogP contribution in [0.1, 0.15) is 45.0 Å². The largest absolute Gasteiger partial charge is 0.355 e. The van der Waals surface area contributed by atoms with Crippen LogP contribution >= 0.6 is 0 Å². The van der Waals surface area contributed by atoms with Crippen molar-refractivity contribution in [3.63, 3.8) is 0 Å². The minimum Gasteiger partial charge on any atom is -0.355 e. The normalized spacial score (nSPS) is 12.3. The molecule has 0 saturated carbocycles. The molecular formula is C36H30N4. The molecule has 0 radical (unpaired) electrons. The maximum atomic E-state index is 5.09. The highest BCUT2D eigenvalue weighted by molar-refractivity contribution is 5.94. The molecule has 0 saturated heterocycles. The zero-order chi connectivity index (χ0) is 27.4. The lowest BCUT2D eigenvalue weighted by Gasteiger charge is -2.13. The van der Waals surface area contributed by atoms with Gasteiger partial charge in [-0.2, -0.15) is 0 Å². The van der Waals surface area contributed by atoms with E-state index in [1.54, 1.807) is 0 Å². The Morgan fingerprint density at radius 3 is 1.52 bits per heavy atom. The molecule has 5 aromatic rings. The van der Waals surface area contributed by atoms with Crippen LogP contribution in [-0.4, -0.2) is 19.9 Å². The number of rotatable bonds is 2. The van der Waals surface area contributed by atoms with E-state index in [0.29, 0.717) is 0 Å². The number of hydrogen-bond donors (Lipinski definition) is 2. The summed E-state index contributed by atoms with van der Waals surface area (Å²) in [6.07, 6.45) is 8.40. The number of nitrogens with zero attached hydrogens (tertiary/aromatic N) is 2. The Morgan fingerprint density at radius 2 is 1.00 bits per heavy atom. The molecule has 8 bridgehead atoms. The summed E-state index contributed by atoms with van der Waals surface area (Å²) < 4.78 is 0. The Morgan fingerprint density at radius 1 is 0.475 bits per heavy atom. The Hall–Kier alpha value is -4.96. The Bertz CT molecular complexity index is 1910. The van der Waals surface area contributed by atoms with E-state index in [9.17, 15) is 0 Å². The first-order valence-electron chi connectivity index (χ1n) is 13.7. The van der Waals surface area contributed by atoms with Gasteiger partial charge >= 0.3 is 0 Å². The molecule has 2 N–H and O–H groups in total. The number of benzene rings is 2. The van der Waals surface area contributed by atoms with E-state index < -0.39 is 0 Å². The van der Waals surface area contributed by atoms with Gasteiger partial charge in [0, 0.05) is 33.2 Å². The molecule has 2 aliphatic heterocycles. The fourth-order valence-electron chi connectivity index (χ4n) is 5.94. The lowest BCUT2D eigenvalue weighted by atomic mass is 9.92. The SMILES string of the molecule is Cc1ccc(-c2c3ccc(cc4nc(c(-c5c(C)cc(C)cc5C)c5nc(cc6ccc2[nH]6)C=C5)C=C4)[nH]3)cc1. The number of aromatic amines is 2. The zero-order valence-electron chi connectivity index (χ0n) is 23.1. The molecule has 40 heavy (non-hydrogen) atoms. The van der Waals surface area contributed by atoms with Crippen molar-refractivity contribution in [2.24, 2.45) is 0 Å². The van der Waals surface area contributed by atoms with Crippen LogP contribution in [0, 0.1) is 27.7 Å². The molecule has 5 heterocycles. The van der Waals surface area contributed by atoms with Gasteiger partial charge in [0.25, 0.3) is 0 Å². The number of fused-ring (bicyclic) bond motifs is 8. The second kappa shape index (κ2) is 9.35. The first-order valence-corrected chi connectivity index (χ1v) is 13.7. The Labute approximate surface area is 233 Å². The molecule has 0 unspecified atom stereocenters. The molecule has 4 heteroatoms. The van der Waals surface area contributed by atoms with E-state index in [1.807, 2.05) is 0 Å². The first kappa shape index (κ1) is 24.1. The molecule has 0 amide bonds. The summed E-state index contributed by atoms with van der Waals surface area (Å²) in [7, 11) is 0. The maximum Gasteiger partial charge on any atom is 0.0738 e. The molecule has 2 aliphatic rings. The van der Waals surface area contributed by atoms with Gasteiger partial charge in [-0.15, -0.1) is 0 Å².